The summed E-state index contributed by atoms with van der Waals surface area (Å²) in [5.41, 5.74) is 2.43. The maximum atomic E-state index is 6.11. The maximum absolute atomic E-state index is 6.11. The molecule has 0 unspecified atom stereocenters. The Bertz CT molecular complexity index is 890. The van der Waals surface area contributed by atoms with Crippen LogP contribution in [0.2, 0.25) is 5.02 Å². The van der Waals surface area contributed by atoms with Gasteiger partial charge in [0.25, 0.3) is 0 Å². The highest BCUT2D eigenvalue weighted by atomic mass is 35.5. The van der Waals surface area contributed by atoms with Crippen LogP contribution in [0.1, 0.15) is 6.42 Å². The van der Waals surface area contributed by atoms with Crippen molar-refractivity contribution in [3.05, 3.63) is 29.5 Å². The van der Waals surface area contributed by atoms with Crippen molar-refractivity contribution in [3.8, 4) is 0 Å². The first kappa shape index (κ1) is 12.7. The van der Waals surface area contributed by atoms with E-state index in [2.05, 4.69) is 26.8 Å². The van der Waals surface area contributed by atoms with Gasteiger partial charge in [0.2, 0.25) is 0 Å². The zero-order chi connectivity index (χ0) is 14.8. The molecule has 2 aliphatic rings. The van der Waals surface area contributed by atoms with Crippen LogP contribution >= 0.6 is 11.6 Å². The number of halogens is 1. The summed E-state index contributed by atoms with van der Waals surface area (Å²) in [6, 6.07) is 6.78. The molecule has 6 heteroatoms. The van der Waals surface area contributed by atoms with E-state index in [1.165, 1.54) is 6.42 Å². The van der Waals surface area contributed by atoms with Gasteiger partial charge in [-0.2, -0.15) is 0 Å². The van der Waals surface area contributed by atoms with E-state index in [1.54, 1.807) is 6.33 Å². The van der Waals surface area contributed by atoms with Crippen molar-refractivity contribution in [2.45, 2.75) is 18.5 Å². The smallest absolute Gasteiger partial charge is 0.196 e. The summed E-state index contributed by atoms with van der Waals surface area (Å²) >= 11 is 6.11. The number of likely N-dealkylation sites (N-methyl/N-ethyl adjacent to an activating group) is 1. The average Bonchev–Trinajstić information content (AvgIpc) is 3.18. The summed E-state index contributed by atoms with van der Waals surface area (Å²) in [6.07, 6.45) is 2.83. The van der Waals surface area contributed by atoms with E-state index in [-0.39, 0.29) is 0 Å². The average molecular weight is 315 g/mol. The quantitative estimate of drug-likeness (QED) is 0.691. The predicted octanol–water partition coefficient (Wildman–Crippen LogP) is 2.92. The maximum Gasteiger partial charge on any atom is 0.196 e. The molecule has 0 spiro atoms. The second-order valence-electron chi connectivity index (χ2n) is 6.25. The van der Waals surface area contributed by atoms with Crippen molar-refractivity contribution in [1.29, 1.82) is 0 Å². The van der Waals surface area contributed by atoms with E-state index in [0.717, 1.165) is 41.0 Å². The predicted molar refractivity (Wildman–Crippen MR) is 86.5 cm³/mol. The first-order valence-corrected chi connectivity index (χ1v) is 7.88. The lowest BCUT2D eigenvalue weighted by Gasteiger charge is -2.32. The molecule has 2 atom stereocenters. The molecule has 2 saturated heterocycles. The molecule has 5 nitrogen and oxygen atoms in total. The molecule has 1 aromatic carbocycles. The van der Waals surface area contributed by atoms with Crippen LogP contribution in [0.15, 0.2) is 28.9 Å². The number of likely N-dealkylation sites (tertiary alicyclic amines) is 1. The second-order valence-corrected chi connectivity index (χ2v) is 6.69. The second kappa shape index (κ2) is 4.33. The van der Waals surface area contributed by atoms with Gasteiger partial charge in [-0.05, 0) is 31.7 Å². The van der Waals surface area contributed by atoms with E-state index in [9.17, 15) is 0 Å². The van der Waals surface area contributed by atoms with Gasteiger partial charge in [0.15, 0.2) is 11.4 Å². The van der Waals surface area contributed by atoms with Crippen molar-refractivity contribution < 1.29 is 4.42 Å². The number of anilines is 1. The van der Waals surface area contributed by atoms with Gasteiger partial charge in [0.05, 0.1) is 0 Å². The molecular formula is C16H15ClN4O. The summed E-state index contributed by atoms with van der Waals surface area (Å²) in [5, 5.41) is 1.64. The Morgan fingerprint density at radius 2 is 2.14 bits per heavy atom. The van der Waals surface area contributed by atoms with Crippen LogP contribution in [-0.4, -0.2) is 47.1 Å². The largest absolute Gasteiger partial charge is 0.450 e. The number of benzene rings is 1. The third-order valence-corrected chi connectivity index (χ3v) is 5.22. The fraction of sp³-hybridized carbons (Fsp3) is 0.375. The highest BCUT2D eigenvalue weighted by Crippen LogP contribution is 2.38. The lowest BCUT2D eigenvalue weighted by Crippen LogP contribution is -2.44. The normalized spacial score (nSPS) is 24.9. The van der Waals surface area contributed by atoms with Crippen molar-refractivity contribution in [3.63, 3.8) is 0 Å². The van der Waals surface area contributed by atoms with Crippen LogP contribution in [0, 0.1) is 0 Å². The van der Waals surface area contributed by atoms with Crippen molar-refractivity contribution in [2.24, 2.45) is 0 Å². The van der Waals surface area contributed by atoms with Crippen molar-refractivity contribution in [2.75, 3.05) is 25.0 Å². The molecule has 0 aliphatic carbocycles. The molecule has 0 N–H and O–H groups in total. The molecular weight excluding hydrogens is 300 g/mol. The number of hydrogen-bond donors (Lipinski definition) is 0. The fourth-order valence-electron chi connectivity index (χ4n) is 3.87. The standard InChI is InChI=1S/C16H15ClN4O/c1-20-6-11-5-10(20)7-21(11)16-15-14(18-8-19-16)12-4-9(17)2-3-13(12)22-15/h2-4,8,10-11H,5-7H2,1H3/t10-,11-/m0/s1. The fourth-order valence-corrected chi connectivity index (χ4v) is 4.04. The molecule has 2 aromatic heterocycles. The van der Waals surface area contributed by atoms with Gasteiger partial charge in [0, 0.05) is 35.6 Å². The molecule has 4 heterocycles. The van der Waals surface area contributed by atoms with Gasteiger partial charge < -0.3 is 9.32 Å². The van der Waals surface area contributed by atoms with Crippen LogP contribution < -0.4 is 4.90 Å². The lowest BCUT2D eigenvalue weighted by molar-refractivity contribution is 0.292. The molecule has 22 heavy (non-hydrogen) atoms. The number of rotatable bonds is 1. The van der Waals surface area contributed by atoms with Crippen LogP contribution in [0.25, 0.3) is 22.1 Å². The van der Waals surface area contributed by atoms with Crippen molar-refractivity contribution in [1.82, 2.24) is 14.9 Å². The Kier molecular flexibility index (Phi) is 2.50. The number of fused-ring (bicyclic) bond motifs is 5. The Balaban J connectivity index is 1.70. The topological polar surface area (TPSA) is 45.4 Å². The van der Waals surface area contributed by atoms with E-state index in [1.807, 2.05) is 18.2 Å². The SMILES string of the molecule is CN1C[C@@H]2C[C@H]1CN2c1ncnc2c1oc1ccc(Cl)cc12. The minimum atomic E-state index is 0.518. The zero-order valence-corrected chi connectivity index (χ0v) is 12.9. The number of furan rings is 1. The third-order valence-electron chi connectivity index (χ3n) is 4.98. The van der Waals surface area contributed by atoms with Crippen LogP contribution in [-0.2, 0) is 0 Å². The van der Waals surface area contributed by atoms with E-state index in [0.29, 0.717) is 17.1 Å². The molecule has 2 fully saturated rings. The highest BCUT2D eigenvalue weighted by Gasteiger charge is 2.42. The molecule has 2 aliphatic heterocycles. The van der Waals surface area contributed by atoms with E-state index >= 15 is 0 Å². The minimum Gasteiger partial charge on any atom is -0.450 e. The number of hydrogen-bond acceptors (Lipinski definition) is 5. The summed E-state index contributed by atoms with van der Waals surface area (Å²) in [5.74, 6) is 0.915. The van der Waals surface area contributed by atoms with Gasteiger partial charge in [-0.1, -0.05) is 11.6 Å². The first-order valence-electron chi connectivity index (χ1n) is 7.50. The first-order chi connectivity index (χ1) is 10.7. The number of piperazine rings is 1. The lowest BCUT2D eigenvalue weighted by atomic mass is 10.2. The van der Waals surface area contributed by atoms with Gasteiger partial charge in [-0.15, -0.1) is 0 Å². The molecule has 2 bridgehead atoms. The number of aromatic nitrogens is 2. The molecule has 3 aromatic rings. The molecule has 112 valence electrons. The zero-order valence-electron chi connectivity index (χ0n) is 12.2. The van der Waals surface area contributed by atoms with Gasteiger partial charge in [-0.25, -0.2) is 9.97 Å². The molecule has 5 rings (SSSR count). The van der Waals surface area contributed by atoms with Gasteiger partial charge >= 0.3 is 0 Å². The van der Waals surface area contributed by atoms with E-state index in [4.69, 9.17) is 16.0 Å². The van der Waals surface area contributed by atoms with Crippen LogP contribution in [0.4, 0.5) is 5.82 Å². The Morgan fingerprint density at radius 1 is 1.23 bits per heavy atom. The van der Waals surface area contributed by atoms with Crippen molar-refractivity contribution >= 4 is 39.5 Å². The van der Waals surface area contributed by atoms with Gasteiger partial charge in [0.1, 0.15) is 17.4 Å². The van der Waals surface area contributed by atoms with Crippen LogP contribution in [0.3, 0.4) is 0 Å². The minimum absolute atomic E-state index is 0.518. The Labute approximate surface area is 132 Å². The third kappa shape index (κ3) is 1.63. The number of nitrogens with zero attached hydrogens (tertiary/aromatic N) is 4. The van der Waals surface area contributed by atoms with E-state index < -0.39 is 0 Å². The monoisotopic (exact) mass is 314 g/mol. The van der Waals surface area contributed by atoms with Crippen LogP contribution in [0.5, 0.6) is 0 Å². The Morgan fingerprint density at radius 3 is 2.91 bits per heavy atom. The molecule has 0 saturated carbocycles. The molecule has 0 radical (unpaired) electrons. The van der Waals surface area contributed by atoms with Gasteiger partial charge in [-0.3, -0.25) is 4.90 Å². The Hall–Kier alpha value is -1.85. The summed E-state index contributed by atoms with van der Waals surface area (Å²) in [7, 11) is 2.20. The summed E-state index contributed by atoms with van der Waals surface area (Å²) in [6.45, 7) is 2.09. The highest BCUT2D eigenvalue weighted by molar-refractivity contribution is 6.31. The summed E-state index contributed by atoms with van der Waals surface area (Å²) < 4.78 is 6.05. The molecule has 0 amide bonds. The summed E-state index contributed by atoms with van der Waals surface area (Å²) in [4.78, 5) is 13.7.